The molecule has 0 fully saturated rings. The summed E-state index contributed by atoms with van der Waals surface area (Å²) < 4.78 is 0. The molecule has 0 bridgehead atoms. The normalized spacial score (nSPS) is 13.9. The first kappa shape index (κ1) is 15.5. The van der Waals surface area contributed by atoms with Gasteiger partial charge in [0.25, 0.3) is 0 Å². The van der Waals surface area contributed by atoms with E-state index in [0.29, 0.717) is 5.75 Å². The molecule has 0 aliphatic heterocycles. The SMILES string of the molecule is NC(CS)C(=O)O.OCC(O)CS. The van der Waals surface area contributed by atoms with E-state index >= 15 is 0 Å². The zero-order valence-electron chi connectivity index (χ0n) is 7.00. The summed E-state index contributed by atoms with van der Waals surface area (Å²) in [6.07, 6.45) is -0.645. The van der Waals surface area contributed by atoms with Crippen LogP contribution in [0.1, 0.15) is 0 Å². The third-order valence-electron chi connectivity index (χ3n) is 0.935. The van der Waals surface area contributed by atoms with Crippen LogP contribution in [-0.2, 0) is 4.79 Å². The Labute approximate surface area is 87.8 Å². The van der Waals surface area contributed by atoms with E-state index in [1.807, 2.05) is 0 Å². The van der Waals surface area contributed by atoms with Crippen molar-refractivity contribution in [3.63, 3.8) is 0 Å². The molecule has 0 radical (unpaired) electrons. The molecule has 7 heteroatoms. The third kappa shape index (κ3) is 12.1. The van der Waals surface area contributed by atoms with Gasteiger partial charge in [-0.15, -0.1) is 0 Å². The predicted octanol–water partition coefficient (Wildman–Crippen LogP) is -1.40. The fourth-order valence-electron chi connectivity index (χ4n) is 0.136. The summed E-state index contributed by atoms with van der Waals surface area (Å²) in [5.41, 5.74) is 4.94. The largest absolute Gasteiger partial charge is 0.480 e. The van der Waals surface area contributed by atoms with Crippen LogP contribution >= 0.6 is 25.3 Å². The van der Waals surface area contributed by atoms with E-state index in [4.69, 9.17) is 21.1 Å². The Hall–Kier alpha value is 0.0500. The van der Waals surface area contributed by atoms with Crippen molar-refractivity contribution in [1.82, 2.24) is 0 Å². The molecule has 0 rings (SSSR count). The molecule has 0 spiro atoms. The molecule has 0 saturated carbocycles. The van der Waals surface area contributed by atoms with Crippen molar-refractivity contribution < 1.29 is 20.1 Å². The van der Waals surface area contributed by atoms with Crippen LogP contribution in [0.5, 0.6) is 0 Å². The zero-order valence-corrected chi connectivity index (χ0v) is 8.79. The second-order valence-corrected chi connectivity index (χ2v) is 2.88. The second kappa shape index (κ2) is 10.1. The van der Waals surface area contributed by atoms with Crippen LogP contribution in [-0.4, -0.2) is 51.5 Å². The molecule has 0 aliphatic carbocycles. The van der Waals surface area contributed by atoms with E-state index in [1.54, 1.807) is 0 Å². The minimum absolute atomic E-state index is 0.190. The lowest BCUT2D eigenvalue weighted by molar-refractivity contribution is -0.137. The van der Waals surface area contributed by atoms with Gasteiger partial charge >= 0.3 is 5.97 Å². The summed E-state index contributed by atoms with van der Waals surface area (Å²) in [4.78, 5) is 9.76. The maximum atomic E-state index is 9.76. The third-order valence-corrected chi connectivity index (χ3v) is 1.75. The van der Waals surface area contributed by atoms with Crippen LogP contribution in [0.15, 0.2) is 0 Å². The minimum Gasteiger partial charge on any atom is -0.480 e. The van der Waals surface area contributed by atoms with Gasteiger partial charge in [0.15, 0.2) is 0 Å². The molecule has 5 N–H and O–H groups in total. The van der Waals surface area contributed by atoms with Crippen LogP contribution < -0.4 is 5.73 Å². The highest BCUT2D eigenvalue weighted by Crippen LogP contribution is 1.81. The van der Waals surface area contributed by atoms with Gasteiger partial charge in [-0.25, -0.2) is 0 Å². The quantitative estimate of drug-likeness (QED) is 0.333. The molecule has 2 atom stereocenters. The maximum absolute atomic E-state index is 9.76. The van der Waals surface area contributed by atoms with Crippen LogP contribution in [0.25, 0.3) is 0 Å². The summed E-state index contributed by atoms with van der Waals surface area (Å²) in [5, 5.41) is 24.4. The van der Waals surface area contributed by atoms with Crippen molar-refractivity contribution in [1.29, 1.82) is 0 Å². The van der Waals surface area contributed by atoms with Crippen LogP contribution in [0.3, 0.4) is 0 Å². The van der Waals surface area contributed by atoms with E-state index in [9.17, 15) is 4.79 Å². The lowest BCUT2D eigenvalue weighted by atomic mass is 10.4. The number of rotatable bonds is 4. The van der Waals surface area contributed by atoms with Gasteiger partial charge in [0.1, 0.15) is 6.04 Å². The Morgan fingerprint density at radius 2 is 1.85 bits per heavy atom. The summed E-state index contributed by atoms with van der Waals surface area (Å²) >= 11 is 7.33. The number of hydrogen-bond donors (Lipinski definition) is 6. The number of carbonyl (C=O) groups is 1. The molecule has 2 unspecified atom stereocenters. The molecule has 0 aromatic heterocycles. The van der Waals surface area contributed by atoms with Crippen molar-refractivity contribution in [3.8, 4) is 0 Å². The lowest BCUT2D eigenvalue weighted by Crippen LogP contribution is -2.31. The Balaban J connectivity index is 0. The Kier molecular flexibility index (Phi) is 12.1. The van der Waals surface area contributed by atoms with E-state index < -0.39 is 18.1 Å². The van der Waals surface area contributed by atoms with Gasteiger partial charge < -0.3 is 21.1 Å². The molecule has 0 aromatic rings. The number of carboxylic acid groups (broad SMARTS) is 1. The molecule has 0 saturated heterocycles. The molecular formula is C6H15NO4S2. The maximum Gasteiger partial charge on any atom is 0.321 e. The van der Waals surface area contributed by atoms with E-state index in [-0.39, 0.29) is 12.4 Å². The van der Waals surface area contributed by atoms with Gasteiger partial charge in [-0.05, 0) is 0 Å². The smallest absolute Gasteiger partial charge is 0.321 e. The number of nitrogens with two attached hydrogens (primary N) is 1. The van der Waals surface area contributed by atoms with E-state index in [0.717, 1.165) is 0 Å². The van der Waals surface area contributed by atoms with Crippen molar-refractivity contribution in [2.24, 2.45) is 5.73 Å². The highest BCUT2D eigenvalue weighted by Gasteiger charge is 2.06. The van der Waals surface area contributed by atoms with E-state index in [1.165, 1.54) is 0 Å². The first-order valence-corrected chi connectivity index (χ1v) is 4.75. The zero-order chi connectivity index (χ0) is 10.9. The highest BCUT2D eigenvalue weighted by molar-refractivity contribution is 7.80. The van der Waals surface area contributed by atoms with Gasteiger partial charge in [0, 0.05) is 11.5 Å². The van der Waals surface area contributed by atoms with Gasteiger partial charge in [-0.2, -0.15) is 25.3 Å². The standard InChI is InChI=1S/C3H7NO2S.C3H8O2S/c4-2(1-7)3(5)6;4-1-3(5)2-6/h2,7H,1,4H2,(H,5,6);3-6H,1-2H2. The number of aliphatic hydroxyl groups excluding tert-OH is 2. The lowest BCUT2D eigenvalue weighted by Gasteiger charge is -1.96. The van der Waals surface area contributed by atoms with Gasteiger partial charge in [-0.3, -0.25) is 4.79 Å². The summed E-state index contributed by atoms with van der Waals surface area (Å²) in [6, 6.07) is -0.816. The predicted molar refractivity (Wildman–Crippen MR) is 56.4 cm³/mol. The topological polar surface area (TPSA) is 104 Å². The van der Waals surface area contributed by atoms with E-state index in [2.05, 4.69) is 25.3 Å². The van der Waals surface area contributed by atoms with Crippen LogP contribution in [0.2, 0.25) is 0 Å². The number of thiol groups is 2. The Morgan fingerprint density at radius 3 is 1.85 bits per heavy atom. The first-order valence-electron chi connectivity index (χ1n) is 3.48. The Morgan fingerprint density at radius 1 is 1.38 bits per heavy atom. The average molecular weight is 229 g/mol. The highest BCUT2D eigenvalue weighted by atomic mass is 32.1. The molecule has 13 heavy (non-hydrogen) atoms. The molecule has 0 aliphatic rings. The molecule has 0 amide bonds. The van der Waals surface area contributed by atoms with Crippen LogP contribution in [0, 0.1) is 0 Å². The minimum atomic E-state index is -1.00. The van der Waals surface area contributed by atoms with Crippen molar-refractivity contribution in [2.75, 3.05) is 18.1 Å². The fourth-order valence-corrected chi connectivity index (χ4v) is 0.407. The number of aliphatic hydroxyl groups is 2. The molecule has 0 heterocycles. The van der Waals surface area contributed by atoms with Crippen molar-refractivity contribution >= 4 is 31.2 Å². The van der Waals surface area contributed by atoms with Crippen LogP contribution in [0.4, 0.5) is 0 Å². The molecule has 0 aromatic carbocycles. The number of aliphatic carboxylic acids is 1. The number of carboxylic acids is 1. The van der Waals surface area contributed by atoms with Gasteiger partial charge in [0.2, 0.25) is 0 Å². The summed E-state index contributed by atoms with van der Waals surface area (Å²) in [7, 11) is 0. The van der Waals surface area contributed by atoms with Gasteiger partial charge in [0.05, 0.1) is 12.7 Å². The number of hydrogen-bond acceptors (Lipinski definition) is 6. The second-order valence-electron chi connectivity index (χ2n) is 2.15. The van der Waals surface area contributed by atoms with Crippen molar-refractivity contribution in [2.45, 2.75) is 12.1 Å². The Bertz CT molecular complexity index is 132. The summed E-state index contributed by atoms with van der Waals surface area (Å²) in [5.74, 6) is -0.485. The van der Waals surface area contributed by atoms with Crippen molar-refractivity contribution in [3.05, 3.63) is 0 Å². The van der Waals surface area contributed by atoms with Gasteiger partial charge in [-0.1, -0.05) is 0 Å². The molecular weight excluding hydrogens is 214 g/mol. The molecule has 5 nitrogen and oxygen atoms in total. The summed E-state index contributed by atoms with van der Waals surface area (Å²) in [6.45, 7) is -0.191. The average Bonchev–Trinajstić information content (AvgIpc) is 2.16. The fraction of sp³-hybridized carbons (Fsp3) is 0.833. The monoisotopic (exact) mass is 229 g/mol. The molecule has 80 valence electrons. The first-order chi connectivity index (χ1) is 5.99.